The molecule has 0 unspecified atom stereocenters. The van der Waals surface area contributed by atoms with Gasteiger partial charge in [-0.1, -0.05) is 12.1 Å². The van der Waals surface area contributed by atoms with Crippen molar-refractivity contribution in [1.29, 1.82) is 0 Å². The first kappa shape index (κ1) is 13.9. The molecule has 0 saturated heterocycles. The van der Waals surface area contributed by atoms with Gasteiger partial charge in [-0.15, -0.1) is 0 Å². The first-order valence-electron chi connectivity index (χ1n) is 6.26. The summed E-state index contributed by atoms with van der Waals surface area (Å²) in [5, 5.41) is 2.70. The normalized spacial score (nSPS) is 20.3. The van der Waals surface area contributed by atoms with E-state index in [0.29, 0.717) is 5.82 Å². The summed E-state index contributed by atoms with van der Waals surface area (Å²) in [5.74, 6) is 0.464. The minimum atomic E-state index is -2.83. The van der Waals surface area contributed by atoms with Gasteiger partial charge in [0.15, 0.2) is 5.82 Å². The summed E-state index contributed by atoms with van der Waals surface area (Å²) in [6.07, 6.45) is 2.23. The standard InChI is InChI=1S/C13H11F2N3O2S/c14-13(15)20-8-3-1-7(2-4-8)9-5-10(9)12(19)17-11-6-16-21-18-11/h1-4,6,9-10,13H,5H2,(H,17,18,19)/t9-,10+/m0/s1. The van der Waals surface area contributed by atoms with Crippen LogP contribution >= 0.6 is 11.7 Å². The Morgan fingerprint density at radius 1 is 1.38 bits per heavy atom. The second-order valence-corrected chi connectivity index (χ2v) is 5.23. The Labute approximate surface area is 123 Å². The van der Waals surface area contributed by atoms with Gasteiger partial charge >= 0.3 is 6.61 Å². The van der Waals surface area contributed by atoms with Crippen molar-refractivity contribution in [3.05, 3.63) is 36.0 Å². The maximum absolute atomic E-state index is 12.1. The second kappa shape index (κ2) is 5.72. The van der Waals surface area contributed by atoms with Crippen LogP contribution in [0.15, 0.2) is 30.5 Å². The van der Waals surface area contributed by atoms with Gasteiger partial charge in [0.2, 0.25) is 5.91 Å². The van der Waals surface area contributed by atoms with Crippen LogP contribution in [-0.2, 0) is 4.79 Å². The lowest BCUT2D eigenvalue weighted by atomic mass is 10.1. The molecule has 0 aliphatic heterocycles. The second-order valence-electron chi connectivity index (χ2n) is 4.68. The van der Waals surface area contributed by atoms with E-state index in [1.54, 1.807) is 12.1 Å². The molecule has 110 valence electrons. The zero-order chi connectivity index (χ0) is 14.8. The van der Waals surface area contributed by atoms with Crippen molar-refractivity contribution >= 4 is 23.5 Å². The van der Waals surface area contributed by atoms with E-state index in [1.165, 1.54) is 18.3 Å². The number of amides is 1. The van der Waals surface area contributed by atoms with E-state index in [0.717, 1.165) is 23.7 Å². The Hall–Kier alpha value is -2.09. The van der Waals surface area contributed by atoms with Gasteiger partial charge in [0.1, 0.15) is 5.75 Å². The van der Waals surface area contributed by atoms with Crippen LogP contribution in [0.4, 0.5) is 14.6 Å². The lowest BCUT2D eigenvalue weighted by molar-refractivity contribution is -0.117. The Morgan fingerprint density at radius 2 is 2.14 bits per heavy atom. The predicted octanol–water partition coefficient (Wildman–Crippen LogP) is 2.88. The number of anilines is 1. The van der Waals surface area contributed by atoms with Crippen LogP contribution in [0, 0.1) is 5.92 Å². The zero-order valence-corrected chi connectivity index (χ0v) is 11.5. The molecule has 0 bridgehead atoms. The van der Waals surface area contributed by atoms with E-state index in [9.17, 15) is 13.6 Å². The minimum absolute atomic E-state index is 0.0967. The molecular weight excluding hydrogens is 300 g/mol. The highest BCUT2D eigenvalue weighted by Crippen LogP contribution is 2.48. The highest BCUT2D eigenvalue weighted by Gasteiger charge is 2.44. The summed E-state index contributed by atoms with van der Waals surface area (Å²) >= 11 is 1.03. The van der Waals surface area contributed by atoms with E-state index in [2.05, 4.69) is 18.8 Å². The number of ether oxygens (including phenoxy) is 1. The highest BCUT2D eigenvalue weighted by atomic mass is 32.1. The van der Waals surface area contributed by atoms with Crippen LogP contribution in [0.25, 0.3) is 0 Å². The summed E-state index contributed by atoms with van der Waals surface area (Å²) in [6, 6.07) is 6.39. The monoisotopic (exact) mass is 311 g/mol. The topological polar surface area (TPSA) is 64.1 Å². The molecule has 1 aliphatic carbocycles. The Bertz CT molecular complexity index is 619. The molecule has 1 amide bonds. The summed E-state index contributed by atoms with van der Waals surface area (Å²) in [7, 11) is 0. The van der Waals surface area contributed by atoms with Gasteiger partial charge in [-0.25, -0.2) is 0 Å². The van der Waals surface area contributed by atoms with Crippen LogP contribution in [0.1, 0.15) is 17.9 Å². The van der Waals surface area contributed by atoms with Crippen LogP contribution in [0.3, 0.4) is 0 Å². The third kappa shape index (κ3) is 3.33. The van der Waals surface area contributed by atoms with Crippen molar-refractivity contribution in [1.82, 2.24) is 8.75 Å². The molecular formula is C13H11F2N3O2S. The molecule has 2 atom stereocenters. The Balaban J connectivity index is 1.58. The Kier molecular flexibility index (Phi) is 3.78. The number of halogens is 2. The predicted molar refractivity (Wildman–Crippen MR) is 72.5 cm³/mol. The van der Waals surface area contributed by atoms with Gasteiger partial charge in [0.05, 0.1) is 17.9 Å². The molecule has 0 radical (unpaired) electrons. The van der Waals surface area contributed by atoms with Crippen LogP contribution in [-0.4, -0.2) is 21.3 Å². The van der Waals surface area contributed by atoms with E-state index < -0.39 is 6.61 Å². The number of alkyl halides is 2. The van der Waals surface area contributed by atoms with E-state index in [-0.39, 0.29) is 23.5 Å². The molecule has 21 heavy (non-hydrogen) atoms. The molecule has 5 nitrogen and oxygen atoms in total. The van der Waals surface area contributed by atoms with Crippen LogP contribution in [0.5, 0.6) is 5.75 Å². The average Bonchev–Trinajstić information content (AvgIpc) is 3.09. The van der Waals surface area contributed by atoms with Crippen LogP contribution < -0.4 is 10.1 Å². The number of carbonyl (C=O) groups excluding carboxylic acids is 1. The number of nitrogens with one attached hydrogen (secondary N) is 1. The van der Waals surface area contributed by atoms with Crippen molar-refractivity contribution in [3.63, 3.8) is 0 Å². The summed E-state index contributed by atoms with van der Waals surface area (Å²) in [5.41, 5.74) is 0.938. The molecule has 1 N–H and O–H groups in total. The molecule has 8 heteroatoms. The lowest BCUT2D eigenvalue weighted by Crippen LogP contribution is -2.14. The zero-order valence-electron chi connectivity index (χ0n) is 10.7. The SMILES string of the molecule is O=C(Nc1cnsn1)[C@@H]1C[C@H]1c1ccc(OC(F)F)cc1. The molecule has 2 aromatic rings. The summed E-state index contributed by atoms with van der Waals surface area (Å²) < 4.78 is 36.1. The number of hydrogen-bond acceptors (Lipinski definition) is 5. The number of hydrogen-bond donors (Lipinski definition) is 1. The fourth-order valence-corrected chi connectivity index (χ4v) is 2.56. The van der Waals surface area contributed by atoms with Crippen molar-refractivity contribution in [2.24, 2.45) is 5.92 Å². The number of carbonyl (C=O) groups is 1. The van der Waals surface area contributed by atoms with Crippen molar-refractivity contribution in [2.45, 2.75) is 19.0 Å². The van der Waals surface area contributed by atoms with Gasteiger partial charge in [-0.05, 0) is 30.0 Å². The maximum atomic E-state index is 12.1. The quantitative estimate of drug-likeness (QED) is 0.922. The fraction of sp³-hybridized carbons (Fsp3) is 0.308. The van der Waals surface area contributed by atoms with Crippen LogP contribution in [0.2, 0.25) is 0 Å². The molecule has 1 aromatic heterocycles. The molecule has 1 aliphatic rings. The summed E-state index contributed by atoms with van der Waals surface area (Å²) in [4.78, 5) is 12.0. The first-order chi connectivity index (χ1) is 10.1. The number of rotatable bonds is 5. The first-order valence-corrected chi connectivity index (χ1v) is 6.99. The van der Waals surface area contributed by atoms with Gasteiger partial charge in [-0.2, -0.15) is 17.5 Å². The minimum Gasteiger partial charge on any atom is -0.435 e. The molecule has 1 fully saturated rings. The number of nitrogens with zero attached hydrogens (tertiary/aromatic N) is 2. The molecule has 1 aromatic carbocycles. The van der Waals surface area contributed by atoms with Gasteiger partial charge in [-0.3, -0.25) is 4.79 Å². The molecule has 1 heterocycles. The van der Waals surface area contributed by atoms with E-state index >= 15 is 0 Å². The van der Waals surface area contributed by atoms with Gasteiger partial charge < -0.3 is 10.1 Å². The molecule has 1 saturated carbocycles. The summed E-state index contributed by atoms with van der Waals surface area (Å²) in [6.45, 7) is -2.83. The maximum Gasteiger partial charge on any atom is 0.387 e. The smallest absolute Gasteiger partial charge is 0.387 e. The number of aromatic nitrogens is 2. The average molecular weight is 311 g/mol. The highest BCUT2D eigenvalue weighted by molar-refractivity contribution is 6.99. The van der Waals surface area contributed by atoms with Gasteiger partial charge in [0.25, 0.3) is 0 Å². The van der Waals surface area contributed by atoms with E-state index in [1.807, 2.05) is 0 Å². The third-order valence-corrected chi connectivity index (χ3v) is 3.75. The number of benzene rings is 1. The fourth-order valence-electron chi connectivity index (χ4n) is 2.19. The molecule has 3 rings (SSSR count). The molecule has 0 spiro atoms. The lowest BCUT2D eigenvalue weighted by Gasteiger charge is -2.05. The van der Waals surface area contributed by atoms with E-state index in [4.69, 9.17) is 0 Å². The largest absolute Gasteiger partial charge is 0.435 e. The van der Waals surface area contributed by atoms with Crippen molar-refractivity contribution < 1.29 is 18.3 Å². The Morgan fingerprint density at radius 3 is 2.76 bits per heavy atom. The third-order valence-electron chi connectivity index (χ3n) is 3.27. The van der Waals surface area contributed by atoms with Crippen molar-refractivity contribution in [2.75, 3.05) is 5.32 Å². The van der Waals surface area contributed by atoms with Gasteiger partial charge in [0, 0.05) is 5.92 Å². The van der Waals surface area contributed by atoms with Crippen molar-refractivity contribution in [3.8, 4) is 5.75 Å².